The molecule has 12 heavy (non-hydrogen) atoms. The van der Waals surface area contributed by atoms with Crippen LogP contribution in [0.15, 0.2) is 17.5 Å². The predicted octanol–water partition coefficient (Wildman–Crippen LogP) is 2.77. The topological polar surface area (TPSA) is 20.2 Å². The third kappa shape index (κ3) is 1.54. The van der Waals surface area contributed by atoms with Crippen molar-refractivity contribution in [2.45, 2.75) is 37.7 Å². The maximum atomic E-state index is 9.75. The predicted molar refractivity (Wildman–Crippen MR) is 51.5 cm³/mol. The largest absolute Gasteiger partial charge is 0.392 e. The lowest BCUT2D eigenvalue weighted by molar-refractivity contribution is 0.107. The Morgan fingerprint density at radius 2 is 2.17 bits per heavy atom. The average Bonchev–Trinajstić information content (AvgIpc) is 2.57. The van der Waals surface area contributed by atoms with Gasteiger partial charge in [-0.05, 0) is 24.3 Å². The van der Waals surface area contributed by atoms with Crippen molar-refractivity contribution in [3.63, 3.8) is 0 Å². The summed E-state index contributed by atoms with van der Waals surface area (Å²) in [5, 5.41) is 11.8. The second-order valence-corrected chi connectivity index (χ2v) is 4.45. The van der Waals surface area contributed by atoms with E-state index < -0.39 is 0 Å². The highest BCUT2D eigenvalue weighted by atomic mass is 32.1. The zero-order chi connectivity index (χ0) is 8.39. The fourth-order valence-electron chi connectivity index (χ4n) is 1.95. The van der Waals surface area contributed by atoms with Gasteiger partial charge in [0, 0.05) is 10.8 Å². The Morgan fingerprint density at radius 3 is 2.83 bits per heavy atom. The van der Waals surface area contributed by atoms with Gasteiger partial charge in [-0.1, -0.05) is 18.9 Å². The van der Waals surface area contributed by atoms with Gasteiger partial charge in [-0.2, -0.15) is 0 Å². The van der Waals surface area contributed by atoms with E-state index in [1.54, 1.807) is 11.3 Å². The summed E-state index contributed by atoms with van der Waals surface area (Å²) in [5.41, 5.74) is 0. The van der Waals surface area contributed by atoms with Crippen molar-refractivity contribution in [2.24, 2.45) is 0 Å². The van der Waals surface area contributed by atoms with Crippen LogP contribution in [-0.2, 0) is 0 Å². The summed E-state index contributed by atoms with van der Waals surface area (Å²) in [6.07, 6.45) is 4.55. The fourth-order valence-corrected chi connectivity index (χ4v) is 2.87. The van der Waals surface area contributed by atoms with E-state index in [0.29, 0.717) is 5.92 Å². The van der Waals surface area contributed by atoms with E-state index in [2.05, 4.69) is 17.5 Å². The van der Waals surface area contributed by atoms with E-state index in [0.717, 1.165) is 6.42 Å². The molecule has 1 N–H and O–H groups in total. The highest BCUT2D eigenvalue weighted by Gasteiger charge is 2.24. The van der Waals surface area contributed by atoms with E-state index in [4.69, 9.17) is 0 Å². The lowest BCUT2D eigenvalue weighted by Crippen LogP contribution is -2.21. The summed E-state index contributed by atoms with van der Waals surface area (Å²) in [5.74, 6) is 0.429. The summed E-state index contributed by atoms with van der Waals surface area (Å²) in [7, 11) is 0. The highest BCUT2D eigenvalue weighted by molar-refractivity contribution is 7.10. The third-order valence-corrected chi connectivity index (χ3v) is 3.64. The molecule has 1 aliphatic carbocycles. The fraction of sp³-hybridized carbons (Fsp3) is 0.600. The minimum Gasteiger partial charge on any atom is -0.392 e. The number of thiophene rings is 1. The zero-order valence-corrected chi connectivity index (χ0v) is 7.89. The van der Waals surface area contributed by atoms with Crippen LogP contribution < -0.4 is 0 Å². The van der Waals surface area contributed by atoms with Crippen LogP contribution in [0.5, 0.6) is 0 Å². The van der Waals surface area contributed by atoms with Gasteiger partial charge in [0.2, 0.25) is 0 Å². The summed E-state index contributed by atoms with van der Waals surface area (Å²) >= 11 is 1.77. The van der Waals surface area contributed by atoms with E-state index in [1.807, 2.05) is 0 Å². The van der Waals surface area contributed by atoms with Gasteiger partial charge in [-0.15, -0.1) is 11.3 Å². The first-order valence-electron chi connectivity index (χ1n) is 4.59. The molecule has 1 aliphatic rings. The molecular formula is C10H14OS. The van der Waals surface area contributed by atoms with Gasteiger partial charge in [-0.3, -0.25) is 0 Å². The van der Waals surface area contributed by atoms with Crippen LogP contribution in [0.2, 0.25) is 0 Å². The van der Waals surface area contributed by atoms with Crippen LogP contribution in [0, 0.1) is 0 Å². The Kier molecular flexibility index (Phi) is 2.47. The Bertz CT molecular complexity index is 230. The maximum absolute atomic E-state index is 9.75. The molecule has 0 amide bonds. The summed E-state index contributed by atoms with van der Waals surface area (Å²) in [4.78, 5) is 1.36. The lowest BCUT2D eigenvalue weighted by Gasteiger charge is -2.26. The summed E-state index contributed by atoms with van der Waals surface area (Å²) < 4.78 is 0. The number of hydrogen-bond acceptors (Lipinski definition) is 2. The van der Waals surface area contributed by atoms with E-state index in [1.165, 1.54) is 24.1 Å². The van der Waals surface area contributed by atoms with Gasteiger partial charge in [0.25, 0.3) is 0 Å². The molecule has 1 aromatic rings. The smallest absolute Gasteiger partial charge is 0.0616 e. The second-order valence-electron chi connectivity index (χ2n) is 3.47. The zero-order valence-electron chi connectivity index (χ0n) is 7.07. The first-order valence-corrected chi connectivity index (χ1v) is 5.47. The molecule has 1 saturated carbocycles. The number of rotatable bonds is 1. The van der Waals surface area contributed by atoms with Crippen LogP contribution in [0.4, 0.5) is 0 Å². The summed E-state index contributed by atoms with van der Waals surface area (Å²) in [6, 6.07) is 4.21. The minimum atomic E-state index is -0.0857. The van der Waals surface area contributed by atoms with Crippen molar-refractivity contribution >= 4 is 11.3 Å². The minimum absolute atomic E-state index is 0.0857. The summed E-state index contributed by atoms with van der Waals surface area (Å²) in [6.45, 7) is 0. The molecule has 1 aromatic heterocycles. The van der Waals surface area contributed by atoms with E-state index in [-0.39, 0.29) is 6.10 Å². The Labute approximate surface area is 77.0 Å². The van der Waals surface area contributed by atoms with Crippen molar-refractivity contribution in [1.29, 1.82) is 0 Å². The Hall–Kier alpha value is -0.340. The first kappa shape index (κ1) is 8.27. The molecule has 1 heterocycles. The molecule has 2 atom stereocenters. The average molecular weight is 182 g/mol. The van der Waals surface area contributed by atoms with Gasteiger partial charge < -0.3 is 5.11 Å². The molecule has 1 fully saturated rings. The van der Waals surface area contributed by atoms with Crippen LogP contribution in [0.25, 0.3) is 0 Å². The van der Waals surface area contributed by atoms with Gasteiger partial charge in [-0.25, -0.2) is 0 Å². The molecule has 2 heteroatoms. The van der Waals surface area contributed by atoms with Crippen molar-refractivity contribution in [3.8, 4) is 0 Å². The standard InChI is InChI=1S/C10H14OS/c11-9-5-2-1-4-8(9)10-6-3-7-12-10/h3,6-9,11H,1-2,4-5H2/t8-,9+/m1/s1. The Morgan fingerprint density at radius 1 is 1.33 bits per heavy atom. The quantitative estimate of drug-likeness (QED) is 0.708. The third-order valence-electron chi connectivity index (χ3n) is 2.64. The molecule has 0 bridgehead atoms. The van der Waals surface area contributed by atoms with E-state index >= 15 is 0 Å². The molecule has 2 rings (SSSR count). The maximum Gasteiger partial charge on any atom is 0.0616 e. The van der Waals surface area contributed by atoms with E-state index in [9.17, 15) is 5.11 Å². The SMILES string of the molecule is O[C@H]1CCCC[C@H]1c1cccs1. The molecule has 0 radical (unpaired) electrons. The molecular weight excluding hydrogens is 168 g/mol. The van der Waals surface area contributed by atoms with Crippen molar-refractivity contribution in [1.82, 2.24) is 0 Å². The van der Waals surface area contributed by atoms with Gasteiger partial charge in [0.05, 0.1) is 6.10 Å². The monoisotopic (exact) mass is 182 g/mol. The molecule has 0 aliphatic heterocycles. The van der Waals surface area contributed by atoms with Gasteiger partial charge in [0.15, 0.2) is 0 Å². The van der Waals surface area contributed by atoms with Gasteiger partial charge in [0.1, 0.15) is 0 Å². The second kappa shape index (κ2) is 3.58. The molecule has 0 spiro atoms. The lowest BCUT2D eigenvalue weighted by atomic mass is 9.86. The van der Waals surface area contributed by atoms with Crippen LogP contribution in [0.3, 0.4) is 0 Å². The van der Waals surface area contributed by atoms with Crippen LogP contribution >= 0.6 is 11.3 Å². The van der Waals surface area contributed by atoms with Crippen molar-refractivity contribution in [3.05, 3.63) is 22.4 Å². The number of aliphatic hydroxyl groups is 1. The number of hydrogen-bond donors (Lipinski definition) is 1. The highest BCUT2D eigenvalue weighted by Crippen LogP contribution is 2.35. The molecule has 0 unspecified atom stereocenters. The number of aliphatic hydroxyl groups excluding tert-OH is 1. The van der Waals surface area contributed by atoms with Gasteiger partial charge >= 0.3 is 0 Å². The normalized spacial score (nSPS) is 30.4. The van der Waals surface area contributed by atoms with Crippen LogP contribution in [0.1, 0.15) is 36.5 Å². The first-order chi connectivity index (χ1) is 5.88. The molecule has 0 aromatic carbocycles. The molecule has 0 saturated heterocycles. The molecule has 66 valence electrons. The van der Waals surface area contributed by atoms with Crippen molar-refractivity contribution in [2.75, 3.05) is 0 Å². The Balaban J connectivity index is 2.11. The van der Waals surface area contributed by atoms with Crippen molar-refractivity contribution < 1.29 is 5.11 Å². The molecule has 1 nitrogen and oxygen atoms in total. The van der Waals surface area contributed by atoms with Crippen LogP contribution in [-0.4, -0.2) is 11.2 Å².